The number of thiol groups is 1. The maximum absolute atomic E-state index is 14.1. The maximum atomic E-state index is 14.1. The normalized spacial score (nSPS) is 14.1. The Balaban J connectivity index is 3.67. The van der Waals surface area contributed by atoms with Crippen LogP contribution in [0.4, 0.5) is 4.79 Å². The van der Waals surface area contributed by atoms with E-state index in [-0.39, 0.29) is 11.7 Å². The molecule has 1 aromatic rings. The zero-order valence-corrected chi connectivity index (χ0v) is 24.2. The Bertz CT molecular complexity index is 916. The summed E-state index contributed by atoms with van der Waals surface area (Å²) in [7, 11) is 0. The van der Waals surface area contributed by atoms with E-state index in [0.29, 0.717) is 6.42 Å². The molecule has 2 N–H and O–H groups in total. The first kappa shape index (κ1) is 30.8. The highest BCUT2D eigenvalue weighted by Crippen LogP contribution is 2.34. The number of alkyl carbamates (subject to hydrolysis) is 1. The summed E-state index contributed by atoms with van der Waals surface area (Å²) in [6.07, 6.45) is -0.115. The molecular formula is C27H45N3O4S. The van der Waals surface area contributed by atoms with Gasteiger partial charge in [0, 0.05) is 16.8 Å². The summed E-state index contributed by atoms with van der Waals surface area (Å²) < 4.78 is 5.37. The van der Waals surface area contributed by atoms with Gasteiger partial charge in [0.05, 0.1) is 0 Å². The summed E-state index contributed by atoms with van der Waals surface area (Å²) in [4.78, 5) is 42.0. The van der Waals surface area contributed by atoms with Crippen molar-refractivity contribution in [1.29, 1.82) is 0 Å². The van der Waals surface area contributed by atoms with Gasteiger partial charge in [-0.3, -0.25) is 9.59 Å². The second kappa shape index (κ2) is 11.7. The lowest BCUT2D eigenvalue weighted by atomic mass is 9.89. The number of carbonyl (C=O) groups is 3. The summed E-state index contributed by atoms with van der Waals surface area (Å²) >= 11 is 4.36. The third-order valence-electron chi connectivity index (χ3n) is 5.87. The zero-order chi connectivity index (χ0) is 27.4. The van der Waals surface area contributed by atoms with Crippen LogP contribution in [0.25, 0.3) is 0 Å². The van der Waals surface area contributed by atoms with Crippen LogP contribution in [-0.4, -0.2) is 51.3 Å². The fraction of sp³-hybridized carbons (Fsp3) is 0.667. The number of ether oxygens (including phenoxy) is 1. The van der Waals surface area contributed by atoms with Gasteiger partial charge in [-0.2, -0.15) is 12.6 Å². The van der Waals surface area contributed by atoms with Crippen molar-refractivity contribution < 1.29 is 19.1 Å². The van der Waals surface area contributed by atoms with E-state index in [1.807, 2.05) is 73.6 Å². The second-order valence-electron chi connectivity index (χ2n) is 11.7. The first-order valence-corrected chi connectivity index (χ1v) is 12.8. The summed E-state index contributed by atoms with van der Waals surface area (Å²) in [6.45, 7) is 20.7. The SMILES string of the molecule is CCC(C)(C)N(C(=O)C(CS)NC(=O)OC(C)(C)C)C(C(=O)NC(C)(C)C)c1cccc(C)c1C. The van der Waals surface area contributed by atoms with Gasteiger partial charge in [0.1, 0.15) is 17.7 Å². The summed E-state index contributed by atoms with van der Waals surface area (Å²) in [5.74, 6) is -0.627. The Morgan fingerprint density at radius 3 is 2.06 bits per heavy atom. The molecule has 2 unspecified atom stereocenters. The number of hydrogen-bond acceptors (Lipinski definition) is 5. The topological polar surface area (TPSA) is 87.7 Å². The molecule has 0 aliphatic rings. The minimum atomic E-state index is -0.978. The molecule has 0 aliphatic heterocycles. The van der Waals surface area contributed by atoms with Crippen LogP contribution in [0.1, 0.15) is 91.5 Å². The van der Waals surface area contributed by atoms with Gasteiger partial charge in [-0.25, -0.2) is 4.79 Å². The zero-order valence-electron chi connectivity index (χ0n) is 23.3. The number of carbonyl (C=O) groups excluding carboxylic acids is 3. The van der Waals surface area contributed by atoms with Crippen molar-refractivity contribution in [1.82, 2.24) is 15.5 Å². The van der Waals surface area contributed by atoms with Crippen molar-refractivity contribution in [2.75, 3.05) is 5.75 Å². The lowest BCUT2D eigenvalue weighted by molar-refractivity contribution is -0.149. The van der Waals surface area contributed by atoms with E-state index in [4.69, 9.17) is 4.74 Å². The minimum Gasteiger partial charge on any atom is -0.444 e. The molecule has 1 rings (SSSR count). The molecule has 0 radical (unpaired) electrons. The highest BCUT2D eigenvalue weighted by Gasteiger charge is 2.44. The van der Waals surface area contributed by atoms with Gasteiger partial charge in [0.2, 0.25) is 11.8 Å². The van der Waals surface area contributed by atoms with Crippen LogP contribution in [0.2, 0.25) is 0 Å². The van der Waals surface area contributed by atoms with Crippen LogP contribution in [0.15, 0.2) is 18.2 Å². The van der Waals surface area contributed by atoms with Crippen molar-refractivity contribution in [3.63, 3.8) is 0 Å². The lowest BCUT2D eigenvalue weighted by Crippen LogP contribution is -2.60. The molecule has 7 nitrogen and oxygen atoms in total. The average molecular weight is 508 g/mol. The number of nitrogens with one attached hydrogen (secondary N) is 2. The Kier molecular flexibility index (Phi) is 10.3. The quantitative estimate of drug-likeness (QED) is 0.427. The van der Waals surface area contributed by atoms with E-state index in [2.05, 4.69) is 23.3 Å². The Labute approximate surface area is 217 Å². The number of rotatable bonds is 8. The first-order valence-electron chi connectivity index (χ1n) is 12.2. The summed E-state index contributed by atoms with van der Waals surface area (Å²) in [6, 6.07) is 3.88. The van der Waals surface area contributed by atoms with E-state index in [9.17, 15) is 14.4 Å². The van der Waals surface area contributed by atoms with Gasteiger partial charge >= 0.3 is 6.09 Å². The van der Waals surface area contributed by atoms with Crippen LogP contribution in [0.3, 0.4) is 0 Å². The molecule has 0 aromatic heterocycles. The van der Waals surface area contributed by atoms with Crippen molar-refractivity contribution in [2.45, 2.75) is 111 Å². The van der Waals surface area contributed by atoms with Gasteiger partial charge in [-0.05, 0) is 92.3 Å². The molecule has 0 bridgehead atoms. The number of benzene rings is 1. The predicted octanol–water partition coefficient (Wildman–Crippen LogP) is 5.10. The predicted molar refractivity (Wildman–Crippen MR) is 145 cm³/mol. The van der Waals surface area contributed by atoms with Crippen molar-refractivity contribution in [3.8, 4) is 0 Å². The molecule has 3 amide bonds. The van der Waals surface area contributed by atoms with Crippen LogP contribution in [0.5, 0.6) is 0 Å². The molecule has 0 fully saturated rings. The third kappa shape index (κ3) is 8.74. The first-order chi connectivity index (χ1) is 15.8. The molecule has 0 saturated carbocycles. The number of hydrogen-bond donors (Lipinski definition) is 3. The largest absolute Gasteiger partial charge is 0.444 e. The monoisotopic (exact) mass is 507 g/mol. The van der Waals surface area contributed by atoms with Gasteiger partial charge in [-0.1, -0.05) is 25.1 Å². The highest BCUT2D eigenvalue weighted by atomic mass is 32.1. The van der Waals surface area contributed by atoms with E-state index in [1.54, 1.807) is 25.7 Å². The van der Waals surface area contributed by atoms with Crippen LogP contribution < -0.4 is 10.6 Å². The fourth-order valence-corrected chi connectivity index (χ4v) is 3.90. The molecule has 8 heteroatoms. The van der Waals surface area contributed by atoms with Gasteiger partial charge in [0.15, 0.2) is 0 Å². The van der Waals surface area contributed by atoms with Crippen molar-refractivity contribution in [3.05, 3.63) is 34.9 Å². The number of amides is 3. The standard InChI is InChI=1S/C27H45N3O4S/c1-12-27(10,11)30(23(32)20(16-35)28-24(33)34-26(7,8)9)21(22(31)29-25(4,5)6)19-15-13-14-17(2)18(19)3/h13-15,20-21,35H,12,16H2,1-11H3,(H,28,33)(H,29,31). The minimum absolute atomic E-state index is 0.0504. The number of aryl methyl sites for hydroxylation is 1. The number of nitrogens with zero attached hydrogens (tertiary/aromatic N) is 1. The molecule has 2 atom stereocenters. The van der Waals surface area contributed by atoms with Crippen molar-refractivity contribution >= 4 is 30.5 Å². The van der Waals surface area contributed by atoms with E-state index < -0.39 is 40.8 Å². The van der Waals surface area contributed by atoms with Crippen molar-refractivity contribution in [2.24, 2.45) is 0 Å². The average Bonchev–Trinajstić information content (AvgIpc) is 2.69. The summed E-state index contributed by atoms with van der Waals surface area (Å²) in [5.41, 5.74) is 0.783. The van der Waals surface area contributed by atoms with Gasteiger partial charge in [0.25, 0.3) is 0 Å². The second-order valence-corrected chi connectivity index (χ2v) is 12.1. The highest BCUT2D eigenvalue weighted by molar-refractivity contribution is 7.80. The van der Waals surface area contributed by atoms with E-state index in [1.165, 1.54) is 0 Å². The molecule has 198 valence electrons. The Hall–Kier alpha value is -2.22. The molecule has 0 saturated heterocycles. The van der Waals surface area contributed by atoms with Crippen LogP contribution >= 0.6 is 12.6 Å². The Morgan fingerprint density at radius 1 is 1.03 bits per heavy atom. The molecule has 35 heavy (non-hydrogen) atoms. The van der Waals surface area contributed by atoms with E-state index >= 15 is 0 Å². The van der Waals surface area contributed by atoms with Gasteiger partial charge in [-0.15, -0.1) is 0 Å². The third-order valence-corrected chi connectivity index (χ3v) is 6.24. The molecular weight excluding hydrogens is 462 g/mol. The summed E-state index contributed by atoms with van der Waals surface area (Å²) in [5, 5.41) is 5.72. The van der Waals surface area contributed by atoms with Crippen LogP contribution in [-0.2, 0) is 14.3 Å². The molecule has 0 aliphatic carbocycles. The molecule has 0 heterocycles. The molecule has 1 aromatic carbocycles. The lowest BCUT2D eigenvalue weighted by Gasteiger charge is -2.45. The van der Waals surface area contributed by atoms with Gasteiger partial charge < -0.3 is 20.3 Å². The fourth-order valence-electron chi connectivity index (χ4n) is 3.65. The van der Waals surface area contributed by atoms with Crippen LogP contribution in [0, 0.1) is 13.8 Å². The maximum Gasteiger partial charge on any atom is 0.408 e. The smallest absolute Gasteiger partial charge is 0.408 e. The van der Waals surface area contributed by atoms with E-state index in [0.717, 1.165) is 16.7 Å². The molecule has 0 spiro atoms. The Morgan fingerprint density at radius 2 is 1.60 bits per heavy atom.